The highest BCUT2D eigenvalue weighted by Crippen LogP contribution is 2.27. The third kappa shape index (κ3) is 4.49. The normalized spacial score (nSPS) is 24.3. The molecule has 134 valence electrons. The highest BCUT2D eigenvalue weighted by Gasteiger charge is 2.26. The number of morpholine rings is 1. The lowest BCUT2D eigenvalue weighted by Crippen LogP contribution is -2.44. The summed E-state index contributed by atoms with van der Waals surface area (Å²) in [5.41, 5.74) is 0. The fourth-order valence-electron chi connectivity index (χ4n) is 3.52. The van der Waals surface area contributed by atoms with Gasteiger partial charge in [-0.05, 0) is 38.1 Å². The SMILES string of the molecule is CCNC(=NCC(c1cccs1)N1CCOC(C)C1)N1CCCC1. The Labute approximate surface area is 149 Å². The number of nitrogens with zero attached hydrogens (tertiary/aromatic N) is 3. The standard InChI is InChI=1S/C18H30N4OS/c1-3-19-18(21-8-4-5-9-21)20-13-16(17-7-6-12-24-17)22-10-11-23-15(2)14-22/h6-7,12,15-16H,3-5,8-11,13-14H2,1-2H3,(H,19,20). The average Bonchev–Trinajstić information content (AvgIpc) is 3.28. The molecule has 1 aromatic rings. The van der Waals surface area contributed by atoms with Crippen LogP contribution in [0.15, 0.2) is 22.5 Å². The summed E-state index contributed by atoms with van der Waals surface area (Å²) in [5, 5.41) is 5.64. The molecule has 0 aromatic carbocycles. The van der Waals surface area contributed by atoms with Crippen molar-refractivity contribution in [2.75, 3.05) is 45.9 Å². The molecule has 5 nitrogen and oxygen atoms in total. The first-order valence-electron chi connectivity index (χ1n) is 9.20. The summed E-state index contributed by atoms with van der Waals surface area (Å²) in [4.78, 5) is 11.4. The van der Waals surface area contributed by atoms with Gasteiger partial charge in [-0.1, -0.05) is 6.07 Å². The largest absolute Gasteiger partial charge is 0.376 e. The van der Waals surface area contributed by atoms with Crippen LogP contribution in [0.3, 0.4) is 0 Å². The molecule has 2 atom stereocenters. The molecular formula is C18H30N4OS. The second-order valence-electron chi connectivity index (χ2n) is 6.60. The maximum atomic E-state index is 5.73. The molecular weight excluding hydrogens is 320 g/mol. The lowest BCUT2D eigenvalue weighted by molar-refractivity contribution is -0.0327. The van der Waals surface area contributed by atoms with Gasteiger partial charge in [-0.3, -0.25) is 9.89 Å². The van der Waals surface area contributed by atoms with Crippen LogP contribution in [0.2, 0.25) is 0 Å². The van der Waals surface area contributed by atoms with Gasteiger partial charge in [0.25, 0.3) is 0 Å². The van der Waals surface area contributed by atoms with Gasteiger partial charge in [0.2, 0.25) is 0 Å². The molecule has 0 amide bonds. The van der Waals surface area contributed by atoms with Crippen LogP contribution < -0.4 is 5.32 Å². The van der Waals surface area contributed by atoms with Gasteiger partial charge in [0.05, 0.1) is 25.3 Å². The molecule has 6 heteroatoms. The number of likely N-dealkylation sites (tertiary alicyclic amines) is 1. The molecule has 0 bridgehead atoms. The van der Waals surface area contributed by atoms with E-state index in [1.807, 2.05) is 11.3 Å². The van der Waals surface area contributed by atoms with Crippen LogP contribution in [0.1, 0.15) is 37.6 Å². The number of thiophene rings is 1. The van der Waals surface area contributed by atoms with E-state index in [9.17, 15) is 0 Å². The fraction of sp³-hybridized carbons (Fsp3) is 0.722. The minimum absolute atomic E-state index is 0.303. The minimum atomic E-state index is 0.303. The quantitative estimate of drug-likeness (QED) is 0.654. The Hall–Kier alpha value is -1.11. The molecule has 24 heavy (non-hydrogen) atoms. The number of ether oxygens (including phenoxy) is 1. The zero-order valence-electron chi connectivity index (χ0n) is 14.9. The van der Waals surface area contributed by atoms with Crippen LogP contribution in [-0.2, 0) is 4.74 Å². The van der Waals surface area contributed by atoms with Crippen molar-refractivity contribution in [3.8, 4) is 0 Å². The van der Waals surface area contributed by atoms with Crippen molar-refractivity contribution in [3.05, 3.63) is 22.4 Å². The summed E-state index contributed by atoms with van der Waals surface area (Å²) < 4.78 is 5.73. The van der Waals surface area contributed by atoms with Gasteiger partial charge < -0.3 is 15.0 Å². The Morgan fingerprint density at radius 3 is 2.92 bits per heavy atom. The molecule has 0 radical (unpaired) electrons. The zero-order chi connectivity index (χ0) is 16.8. The van der Waals surface area contributed by atoms with Crippen molar-refractivity contribution in [3.63, 3.8) is 0 Å². The molecule has 0 aliphatic carbocycles. The van der Waals surface area contributed by atoms with Crippen LogP contribution >= 0.6 is 11.3 Å². The van der Waals surface area contributed by atoms with Crippen LogP contribution in [0, 0.1) is 0 Å². The summed E-state index contributed by atoms with van der Waals surface area (Å²) in [6.45, 7) is 11.1. The van der Waals surface area contributed by atoms with E-state index in [0.717, 1.165) is 51.8 Å². The van der Waals surface area contributed by atoms with Crippen molar-refractivity contribution in [1.29, 1.82) is 0 Å². The molecule has 0 saturated carbocycles. The van der Waals surface area contributed by atoms with Crippen molar-refractivity contribution in [2.45, 2.75) is 38.8 Å². The topological polar surface area (TPSA) is 40.1 Å². The van der Waals surface area contributed by atoms with Crippen molar-refractivity contribution >= 4 is 17.3 Å². The molecule has 2 unspecified atom stereocenters. The number of hydrogen-bond acceptors (Lipinski definition) is 4. The summed E-state index contributed by atoms with van der Waals surface area (Å²) in [6, 6.07) is 4.74. The fourth-order valence-corrected chi connectivity index (χ4v) is 4.37. The van der Waals surface area contributed by atoms with E-state index in [2.05, 4.69) is 46.5 Å². The molecule has 2 fully saturated rings. The second kappa shape index (κ2) is 8.83. The molecule has 3 rings (SSSR count). The van der Waals surface area contributed by atoms with Gasteiger partial charge in [-0.15, -0.1) is 11.3 Å². The first-order chi connectivity index (χ1) is 11.8. The monoisotopic (exact) mass is 350 g/mol. The molecule has 2 saturated heterocycles. The number of nitrogens with one attached hydrogen (secondary N) is 1. The van der Waals surface area contributed by atoms with Gasteiger partial charge in [0.1, 0.15) is 0 Å². The third-order valence-corrected chi connectivity index (χ3v) is 5.71. The Kier molecular flexibility index (Phi) is 6.51. The number of aliphatic imine (C=N–C) groups is 1. The number of hydrogen-bond donors (Lipinski definition) is 1. The number of rotatable bonds is 5. The molecule has 2 aliphatic rings. The molecule has 2 aliphatic heterocycles. The average molecular weight is 351 g/mol. The summed E-state index contributed by atoms with van der Waals surface area (Å²) in [7, 11) is 0. The van der Waals surface area contributed by atoms with E-state index in [1.54, 1.807) is 0 Å². The zero-order valence-corrected chi connectivity index (χ0v) is 15.7. The Morgan fingerprint density at radius 2 is 2.25 bits per heavy atom. The summed E-state index contributed by atoms with van der Waals surface area (Å²) >= 11 is 1.84. The first-order valence-corrected chi connectivity index (χ1v) is 10.1. The van der Waals surface area contributed by atoms with Crippen LogP contribution in [0.25, 0.3) is 0 Å². The highest BCUT2D eigenvalue weighted by atomic mass is 32.1. The predicted molar refractivity (Wildman–Crippen MR) is 101 cm³/mol. The van der Waals surface area contributed by atoms with E-state index in [-0.39, 0.29) is 0 Å². The van der Waals surface area contributed by atoms with Gasteiger partial charge in [0, 0.05) is 37.6 Å². The van der Waals surface area contributed by atoms with Crippen LogP contribution in [0.5, 0.6) is 0 Å². The summed E-state index contributed by atoms with van der Waals surface area (Å²) in [6.07, 6.45) is 2.86. The van der Waals surface area contributed by atoms with E-state index in [1.165, 1.54) is 17.7 Å². The van der Waals surface area contributed by atoms with E-state index in [4.69, 9.17) is 9.73 Å². The Balaban J connectivity index is 1.73. The Bertz CT molecular complexity index is 513. The van der Waals surface area contributed by atoms with Crippen molar-refractivity contribution in [2.24, 2.45) is 4.99 Å². The van der Waals surface area contributed by atoms with Crippen LogP contribution in [0.4, 0.5) is 0 Å². The molecule has 0 spiro atoms. The lowest BCUT2D eigenvalue weighted by Gasteiger charge is -2.36. The van der Waals surface area contributed by atoms with Gasteiger partial charge in [0.15, 0.2) is 5.96 Å². The molecule has 3 heterocycles. The van der Waals surface area contributed by atoms with Crippen molar-refractivity contribution < 1.29 is 4.74 Å². The Morgan fingerprint density at radius 1 is 1.42 bits per heavy atom. The van der Waals surface area contributed by atoms with E-state index in [0.29, 0.717) is 12.1 Å². The number of guanidine groups is 1. The van der Waals surface area contributed by atoms with E-state index >= 15 is 0 Å². The lowest BCUT2D eigenvalue weighted by atomic mass is 10.1. The first kappa shape index (κ1) is 17.7. The molecule has 1 N–H and O–H groups in total. The van der Waals surface area contributed by atoms with Gasteiger partial charge in [-0.2, -0.15) is 0 Å². The van der Waals surface area contributed by atoms with E-state index < -0.39 is 0 Å². The molecule has 1 aromatic heterocycles. The van der Waals surface area contributed by atoms with Gasteiger partial charge in [-0.25, -0.2) is 0 Å². The highest BCUT2D eigenvalue weighted by molar-refractivity contribution is 7.10. The minimum Gasteiger partial charge on any atom is -0.376 e. The van der Waals surface area contributed by atoms with Crippen LogP contribution in [-0.4, -0.2) is 67.7 Å². The predicted octanol–water partition coefficient (Wildman–Crippen LogP) is 2.57. The third-order valence-electron chi connectivity index (χ3n) is 4.74. The smallest absolute Gasteiger partial charge is 0.193 e. The summed E-state index contributed by atoms with van der Waals surface area (Å²) in [5.74, 6) is 1.08. The van der Waals surface area contributed by atoms with Gasteiger partial charge >= 0.3 is 0 Å². The second-order valence-corrected chi connectivity index (χ2v) is 7.58. The van der Waals surface area contributed by atoms with Crippen molar-refractivity contribution in [1.82, 2.24) is 15.1 Å². The maximum Gasteiger partial charge on any atom is 0.193 e. The maximum absolute atomic E-state index is 5.73.